The number of rotatable bonds is 7. The van der Waals surface area contributed by atoms with Crippen LogP contribution in [0.5, 0.6) is 6.01 Å². The largest absolute Gasteiger partial charge is 0.463 e. The molecule has 6 heteroatoms. The quantitative estimate of drug-likeness (QED) is 0.587. The van der Waals surface area contributed by atoms with E-state index in [1.165, 1.54) is 0 Å². The van der Waals surface area contributed by atoms with Gasteiger partial charge in [0.25, 0.3) is 0 Å². The van der Waals surface area contributed by atoms with Gasteiger partial charge in [0, 0.05) is 6.54 Å². The second-order valence-electron chi connectivity index (χ2n) is 3.06. The zero-order chi connectivity index (χ0) is 11.8. The second kappa shape index (κ2) is 7.00. The van der Waals surface area contributed by atoms with Gasteiger partial charge in [-0.3, -0.25) is 0 Å². The lowest BCUT2D eigenvalue weighted by Gasteiger charge is -2.06. The summed E-state index contributed by atoms with van der Waals surface area (Å²) in [7, 11) is 0. The predicted molar refractivity (Wildman–Crippen MR) is 63.9 cm³/mol. The molecule has 0 aliphatic rings. The molecular formula is C10H15ClN4O. The van der Waals surface area contributed by atoms with Crippen LogP contribution in [-0.2, 0) is 0 Å². The smallest absolute Gasteiger partial charge is 0.322 e. The minimum atomic E-state index is 0.127. The van der Waals surface area contributed by atoms with E-state index in [1.54, 1.807) is 0 Å². The SMILES string of the molecule is C=CCCNc1nc(Cl)nc(OCCC)n1. The molecule has 0 aromatic carbocycles. The minimum Gasteiger partial charge on any atom is -0.463 e. The first-order chi connectivity index (χ1) is 7.76. The molecule has 1 heterocycles. The van der Waals surface area contributed by atoms with Crippen LogP contribution in [0.15, 0.2) is 12.7 Å². The molecule has 1 N–H and O–H groups in total. The number of aromatic nitrogens is 3. The van der Waals surface area contributed by atoms with E-state index >= 15 is 0 Å². The van der Waals surface area contributed by atoms with Crippen molar-refractivity contribution >= 4 is 17.5 Å². The molecule has 1 rings (SSSR count). The molecule has 1 aromatic heterocycles. The lowest BCUT2D eigenvalue weighted by molar-refractivity contribution is 0.291. The summed E-state index contributed by atoms with van der Waals surface area (Å²) in [5.74, 6) is 0.424. The molecule has 0 bridgehead atoms. The Morgan fingerprint density at radius 2 is 2.25 bits per heavy atom. The average Bonchev–Trinajstić information content (AvgIpc) is 2.26. The Balaban J connectivity index is 2.61. The summed E-state index contributed by atoms with van der Waals surface area (Å²) in [5, 5.41) is 3.13. The molecule has 5 nitrogen and oxygen atoms in total. The minimum absolute atomic E-state index is 0.127. The molecule has 0 spiro atoms. The maximum absolute atomic E-state index is 5.74. The summed E-state index contributed by atoms with van der Waals surface area (Å²) < 4.78 is 5.28. The Kier molecular flexibility index (Phi) is 5.56. The number of nitrogens with one attached hydrogen (secondary N) is 1. The monoisotopic (exact) mass is 242 g/mol. The van der Waals surface area contributed by atoms with Crippen molar-refractivity contribution < 1.29 is 4.74 Å². The van der Waals surface area contributed by atoms with Crippen molar-refractivity contribution in [1.29, 1.82) is 0 Å². The van der Waals surface area contributed by atoms with Crippen LogP contribution < -0.4 is 10.1 Å². The third-order valence-corrected chi connectivity index (χ3v) is 1.82. The highest BCUT2D eigenvalue weighted by atomic mass is 35.5. The van der Waals surface area contributed by atoms with E-state index < -0.39 is 0 Å². The zero-order valence-corrected chi connectivity index (χ0v) is 10.00. The molecule has 88 valence electrons. The van der Waals surface area contributed by atoms with E-state index in [0.717, 1.165) is 12.8 Å². The Hall–Kier alpha value is -1.36. The number of nitrogens with zero attached hydrogens (tertiary/aromatic N) is 3. The van der Waals surface area contributed by atoms with Crippen molar-refractivity contribution in [3.8, 4) is 6.01 Å². The van der Waals surface area contributed by atoms with Crippen LogP contribution >= 0.6 is 11.6 Å². The highest BCUT2D eigenvalue weighted by molar-refractivity contribution is 6.28. The van der Waals surface area contributed by atoms with Crippen LogP contribution in [0.4, 0.5) is 5.95 Å². The number of hydrogen-bond donors (Lipinski definition) is 1. The van der Waals surface area contributed by atoms with Crippen LogP contribution in [0.1, 0.15) is 19.8 Å². The van der Waals surface area contributed by atoms with Gasteiger partial charge in [0.05, 0.1) is 6.61 Å². The van der Waals surface area contributed by atoms with E-state index in [1.807, 2.05) is 13.0 Å². The molecular weight excluding hydrogens is 228 g/mol. The first-order valence-electron chi connectivity index (χ1n) is 5.15. The summed E-state index contributed by atoms with van der Waals surface area (Å²) in [4.78, 5) is 11.9. The molecule has 16 heavy (non-hydrogen) atoms. The Labute approximate surface area is 99.9 Å². The molecule has 0 aliphatic carbocycles. The molecule has 1 aromatic rings. The highest BCUT2D eigenvalue weighted by Crippen LogP contribution is 2.11. The van der Waals surface area contributed by atoms with Crippen LogP contribution in [0.25, 0.3) is 0 Å². The van der Waals surface area contributed by atoms with Gasteiger partial charge in [0.1, 0.15) is 0 Å². The summed E-state index contributed by atoms with van der Waals surface area (Å²) in [6.07, 6.45) is 3.53. The Bertz CT molecular complexity index is 346. The van der Waals surface area contributed by atoms with Gasteiger partial charge in [0.2, 0.25) is 11.2 Å². The van der Waals surface area contributed by atoms with Gasteiger partial charge in [-0.25, -0.2) is 0 Å². The standard InChI is InChI=1S/C10H15ClN4O/c1-3-5-6-12-9-13-8(11)14-10(15-9)16-7-4-2/h3H,1,4-7H2,2H3,(H,12,13,14,15). The van der Waals surface area contributed by atoms with Crippen LogP contribution in [0, 0.1) is 0 Å². The normalized spacial score (nSPS) is 9.88. The van der Waals surface area contributed by atoms with Gasteiger partial charge in [0.15, 0.2) is 0 Å². The summed E-state index contributed by atoms with van der Waals surface area (Å²) >= 11 is 5.74. The molecule has 0 unspecified atom stereocenters. The van der Waals surface area contributed by atoms with E-state index in [4.69, 9.17) is 16.3 Å². The number of hydrogen-bond acceptors (Lipinski definition) is 5. The second-order valence-corrected chi connectivity index (χ2v) is 3.40. The molecule has 0 atom stereocenters. The van der Waals surface area contributed by atoms with Crippen molar-refractivity contribution in [3.05, 3.63) is 17.9 Å². The zero-order valence-electron chi connectivity index (χ0n) is 9.24. The van der Waals surface area contributed by atoms with Gasteiger partial charge in [-0.15, -0.1) is 6.58 Å². The van der Waals surface area contributed by atoms with Gasteiger partial charge >= 0.3 is 6.01 Å². The van der Waals surface area contributed by atoms with Crippen molar-refractivity contribution in [2.24, 2.45) is 0 Å². The number of ether oxygens (including phenoxy) is 1. The van der Waals surface area contributed by atoms with E-state index in [9.17, 15) is 0 Å². The summed E-state index contributed by atoms with van der Waals surface area (Å²) in [6, 6.07) is 0.253. The molecule has 0 aliphatic heterocycles. The summed E-state index contributed by atoms with van der Waals surface area (Å²) in [5.41, 5.74) is 0. The molecule has 0 fully saturated rings. The van der Waals surface area contributed by atoms with E-state index in [-0.39, 0.29) is 11.3 Å². The van der Waals surface area contributed by atoms with Crippen molar-refractivity contribution in [2.45, 2.75) is 19.8 Å². The topological polar surface area (TPSA) is 59.9 Å². The third-order valence-electron chi connectivity index (χ3n) is 1.65. The Morgan fingerprint density at radius 3 is 2.94 bits per heavy atom. The maximum atomic E-state index is 5.74. The lowest BCUT2D eigenvalue weighted by atomic mass is 10.4. The van der Waals surface area contributed by atoms with Crippen molar-refractivity contribution in [3.63, 3.8) is 0 Å². The molecule has 0 amide bonds. The Morgan fingerprint density at radius 1 is 1.44 bits per heavy atom. The van der Waals surface area contributed by atoms with Crippen LogP contribution in [-0.4, -0.2) is 28.1 Å². The van der Waals surface area contributed by atoms with Gasteiger partial charge < -0.3 is 10.1 Å². The number of halogens is 1. The molecule has 0 radical (unpaired) electrons. The highest BCUT2D eigenvalue weighted by Gasteiger charge is 2.04. The predicted octanol–water partition coefficient (Wildman–Crippen LogP) is 2.30. The van der Waals surface area contributed by atoms with Gasteiger partial charge in [-0.2, -0.15) is 15.0 Å². The molecule has 0 saturated carbocycles. The fourth-order valence-corrected chi connectivity index (χ4v) is 1.11. The van der Waals surface area contributed by atoms with Gasteiger partial charge in [-0.1, -0.05) is 13.0 Å². The number of anilines is 1. The first kappa shape index (κ1) is 12.7. The van der Waals surface area contributed by atoms with Crippen molar-refractivity contribution in [2.75, 3.05) is 18.5 Å². The third kappa shape index (κ3) is 4.44. The maximum Gasteiger partial charge on any atom is 0.322 e. The van der Waals surface area contributed by atoms with E-state index in [0.29, 0.717) is 19.1 Å². The van der Waals surface area contributed by atoms with Crippen molar-refractivity contribution in [1.82, 2.24) is 15.0 Å². The van der Waals surface area contributed by atoms with E-state index in [2.05, 4.69) is 26.8 Å². The van der Waals surface area contributed by atoms with Crippen LogP contribution in [0.2, 0.25) is 5.28 Å². The molecule has 0 saturated heterocycles. The first-order valence-corrected chi connectivity index (χ1v) is 5.53. The summed E-state index contributed by atoms with van der Waals surface area (Å²) in [6.45, 7) is 6.90. The lowest BCUT2D eigenvalue weighted by Crippen LogP contribution is -2.08. The van der Waals surface area contributed by atoms with Crippen LogP contribution in [0.3, 0.4) is 0 Å². The fraction of sp³-hybridized carbons (Fsp3) is 0.500. The van der Waals surface area contributed by atoms with Gasteiger partial charge in [-0.05, 0) is 24.4 Å². The fourth-order valence-electron chi connectivity index (χ4n) is 0.955. The average molecular weight is 243 g/mol.